The second kappa shape index (κ2) is 6.43. The van der Waals surface area contributed by atoms with Crippen LogP contribution >= 0.6 is 12.2 Å². The van der Waals surface area contributed by atoms with Gasteiger partial charge in [-0.25, -0.2) is 4.39 Å². The molecule has 0 heterocycles. The maximum Gasteiger partial charge on any atom is 0.170 e. The number of unbranched alkanes of at least 4 members (excludes halogenated alkanes) is 1. The molecule has 0 aliphatic rings. The van der Waals surface area contributed by atoms with Crippen molar-refractivity contribution in [3.8, 4) is 0 Å². The minimum atomic E-state index is -0.221. The lowest BCUT2D eigenvalue weighted by atomic mass is 10.2. The highest BCUT2D eigenvalue weighted by Gasteiger charge is 2.00. The smallest absolute Gasteiger partial charge is 0.170 e. The van der Waals surface area contributed by atoms with Crippen LogP contribution in [0.5, 0.6) is 0 Å². The van der Waals surface area contributed by atoms with Crippen LogP contribution in [0.4, 0.5) is 10.1 Å². The predicted octanol–water partition coefficient (Wildman–Crippen LogP) is 3.22. The molecule has 0 unspecified atom stereocenters. The molecule has 4 heteroatoms. The van der Waals surface area contributed by atoms with Gasteiger partial charge in [-0.3, -0.25) is 0 Å². The highest BCUT2D eigenvalue weighted by Crippen LogP contribution is 2.13. The van der Waals surface area contributed by atoms with Gasteiger partial charge in [0.25, 0.3) is 0 Å². The van der Waals surface area contributed by atoms with E-state index in [1.54, 1.807) is 13.0 Å². The van der Waals surface area contributed by atoms with E-state index in [2.05, 4.69) is 17.6 Å². The Morgan fingerprint density at radius 1 is 1.44 bits per heavy atom. The van der Waals surface area contributed by atoms with Gasteiger partial charge in [0.15, 0.2) is 5.11 Å². The zero-order chi connectivity index (χ0) is 12.0. The van der Waals surface area contributed by atoms with Crippen molar-refractivity contribution < 1.29 is 4.39 Å². The Morgan fingerprint density at radius 3 is 2.81 bits per heavy atom. The van der Waals surface area contributed by atoms with E-state index >= 15 is 0 Å². The summed E-state index contributed by atoms with van der Waals surface area (Å²) in [7, 11) is 0. The number of halogens is 1. The molecule has 16 heavy (non-hydrogen) atoms. The molecule has 0 aromatic heterocycles. The Hall–Kier alpha value is -1.16. The summed E-state index contributed by atoms with van der Waals surface area (Å²) in [4.78, 5) is 0. The molecule has 0 aliphatic carbocycles. The Bertz CT molecular complexity index is 366. The minimum Gasteiger partial charge on any atom is -0.362 e. The molecule has 0 fully saturated rings. The lowest BCUT2D eigenvalue weighted by molar-refractivity contribution is 0.619. The van der Waals surface area contributed by atoms with E-state index in [0.29, 0.717) is 16.4 Å². The van der Waals surface area contributed by atoms with E-state index in [4.69, 9.17) is 12.2 Å². The molecule has 1 aromatic rings. The second-order valence-electron chi connectivity index (χ2n) is 3.70. The number of thiocarbonyl (C=S) groups is 1. The number of aryl methyl sites for hydroxylation is 1. The first-order valence-corrected chi connectivity index (χ1v) is 5.85. The zero-order valence-corrected chi connectivity index (χ0v) is 10.5. The fourth-order valence-corrected chi connectivity index (χ4v) is 1.44. The lowest BCUT2D eigenvalue weighted by Gasteiger charge is -2.10. The van der Waals surface area contributed by atoms with E-state index in [9.17, 15) is 4.39 Å². The van der Waals surface area contributed by atoms with Crippen molar-refractivity contribution in [2.75, 3.05) is 11.9 Å². The Balaban J connectivity index is 2.46. The summed E-state index contributed by atoms with van der Waals surface area (Å²) in [6.45, 7) is 4.70. The summed E-state index contributed by atoms with van der Waals surface area (Å²) in [6.07, 6.45) is 2.19. The van der Waals surface area contributed by atoms with Crippen molar-refractivity contribution in [2.45, 2.75) is 26.7 Å². The number of benzene rings is 1. The Morgan fingerprint density at radius 2 is 2.19 bits per heavy atom. The molecule has 0 spiro atoms. The molecule has 0 saturated carbocycles. The van der Waals surface area contributed by atoms with Crippen LogP contribution in [0, 0.1) is 12.7 Å². The Labute approximate surface area is 101 Å². The van der Waals surface area contributed by atoms with E-state index in [0.717, 1.165) is 19.4 Å². The fourth-order valence-electron chi connectivity index (χ4n) is 1.22. The lowest BCUT2D eigenvalue weighted by Crippen LogP contribution is -2.29. The summed E-state index contributed by atoms with van der Waals surface area (Å²) in [5.41, 5.74) is 1.31. The van der Waals surface area contributed by atoms with Crippen molar-refractivity contribution >= 4 is 23.0 Å². The molecule has 0 bridgehead atoms. The van der Waals surface area contributed by atoms with Crippen LogP contribution in [0.25, 0.3) is 0 Å². The number of rotatable bonds is 4. The number of hydrogen-bond acceptors (Lipinski definition) is 1. The van der Waals surface area contributed by atoms with Gasteiger partial charge in [-0.15, -0.1) is 0 Å². The average molecular weight is 240 g/mol. The second-order valence-corrected chi connectivity index (χ2v) is 4.11. The van der Waals surface area contributed by atoms with Crippen LogP contribution in [-0.4, -0.2) is 11.7 Å². The molecular weight excluding hydrogens is 223 g/mol. The zero-order valence-electron chi connectivity index (χ0n) is 9.64. The third-order valence-corrected chi connectivity index (χ3v) is 2.49. The normalized spacial score (nSPS) is 9.94. The van der Waals surface area contributed by atoms with Gasteiger partial charge in [0.1, 0.15) is 5.82 Å². The largest absolute Gasteiger partial charge is 0.362 e. The SMILES string of the molecule is CCCCNC(=S)Nc1ccc(C)c(F)c1. The number of hydrogen-bond donors (Lipinski definition) is 2. The molecule has 2 N–H and O–H groups in total. The molecule has 0 radical (unpaired) electrons. The first-order valence-electron chi connectivity index (χ1n) is 5.44. The standard InChI is InChI=1S/C12H17FN2S/c1-3-4-7-14-12(16)15-10-6-5-9(2)11(13)8-10/h5-6,8H,3-4,7H2,1-2H3,(H2,14,15,16). The maximum atomic E-state index is 13.2. The van der Waals surface area contributed by atoms with Crippen LogP contribution in [0.15, 0.2) is 18.2 Å². The van der Waals surface area contributed by atoms with E-state index in [-0.39, 0.29) is 5.82 Å². The molecule has 0 atom stereocenters. The van der Waals surface area contributed by atoms with Crippen molar-refractivity contribution in [3.63, 3.8) is 0 Å². The van der Waals surface area contributed by atoms with Crippen molar-refractivity contribution in [3.05, 3.63) is 29.6 Å². The highest BCUT2D eigenvalue weighted by atomic mass is 32.1. The van der Waals surface area contributed by atoms with Crippen LogP contribution in [-0.2, 0) is 0 Å². The van der Waals surface area contributed by atoms with Gasteiger partial charge in [-0.1, -0.05) is 19.4 Å². The van der Waals surface area contributed by atoms with E-state index < -0.39 is 0 Å². The first kappa shape index (κ1) is 12.9. The fraction of sp³-hybridized carbons (Fsp3) is 0.417. The first-order chi connectivity index (χ1) is 7.63. The van der Waals surface area contributed by atoms with Gasteiger partial charge < -0.3 is 10.6 Å². The van der Waals surface area contributed by atoms with Crippen LogP contribution in [0.1, 0.15) is 25.3 Å². The Kier molecular flexibility index (Phi) is 5.19. The molecule has 88 valence electrons. The molecule has 2 nitrogen and oxygen atoms in total. The molecular formula is C12H17FN2S. The minimum absolute atomic E-state index is 0.221. The number of anilines is 1. The topological polar surface area (TPSA) is 24.1 Å². The monoisotopic (exact) mass is 240 g/mol. The molecule has 1 aromatic carbocycles. The van der Waals surface area contributed by atoms with Gasteiger partial charge in [0.2, 0.25) is 0 Å². The predicted molar refractivity (Wildman–Crippen MR) is 70.3 cm³/mol. The highest BCUT2D eigenvalue weighted by molar-refractivity contribution is 7.80. The summed E-state index contributed by atoms with van der Waals surface area (Å²) in [5.74, 6) is -0.221. The van der Waals surface area contributed by atoms with Gasteiger partial charge >= 0.3 is 0 Å². The van der Waals surface area contributed by atoms with Crippen LogP contribution in [0.2, 0.25) is 0 Å². The van der Waals surface area contributed by atoms with Crippen LogP contribution < -0.4 is 10.6 Å². The van der Waals surface area contributed by atoms with E-state index in [1.807, 2.05) is 6.07 Å². The quantitative estimate of drug-likeness (QED) is 0.624. The molecule has 1 rings (SSSR count). The molecule has 0 aliphatic heterocycles. The van der Waals surface area contributed by atoms with Crippen molar-refractivity contribution in [1.29, 1.82) is 0 Å². The molecule has 0 saturated heterocycles. The summed E-state index contributed by atoms with van der Waals surface area (Å²) < 4.78 is 13.2. The number of nitrogens with one attached hydrogen (secondary N) is 2. The van der Waals surface area contributed by atoms with Gasteiger partial charge in [0.05, 0.1) is 0 Å². The van der Waals surface area contributed by atoms with E-state index in [1.165, 1.54) is 6.07 Å². The maximum absolute atomic E-state index is 13.2. The van der Waals surface area contributed by atoms with Crippen LogP contribution in [0.3, 0.4) is 0 Å². The van der Waals surface area contributed by atoms with Gasteiger partial charge in [-0.05, 0) is 43.3 Å². The van der Waals surface area contributed by atoms with Crippen molar-refractivity contribution in [1.82, 2.24) is 5.32 Å². The van der Waals surface area contributed by atoms with Crippen molar-refractivity contribution in [2.24, 2.45) is 0 Å². The van der Waals surface area contributed by atoms with Gasteiger partial charge in [0, 0.05) is 12.2 Å². The third-order valence-electron chi connectivity index (χ3n) is 2.25. The summed E-state index contributed by atoms with van der Waals surface area (Å²) in [6, 6.07) is 4.99. The third kappa shape index (κ3) is 4.14. The molecule has 0 amide bonds. The summed E-state index contributed by atoms with van der Waals surface area (Å²) >= 11 is 5.08. The van der Waals surface area contributed by atoms with Gasteiger partial charge in [-0.2, -0.15) is 0 Å². The summed E-state index contributed by atoms with van der Waals surface area (Å²) in [5, 5.41) is 6.55. The average Bonchev–Trinajstić information content (AvgIpc) is 2.24.